The molecular formula is C13H17BrN2O2. The third-order valence-corrected chi connectivity index (χ3v) is 2.83. The molecule has 0 radical (unpaired) electrons. The lowest BCUT2D eigenvalue weighted by Crippen LogP contribution is -2.40. The Hall–Kier alpha value is -1.20. The maximum atomic E-state index is 11.5. The number of aliphatic hydroxyl groups is 1. The second-order valence-corrected chi connectivity index (χ2v) is 5.34. The summed E-state index contributed by atoms with van der Waals surface area (Å²) in [6, 6.07) is 7.68. The zero-order chi connectivity index (χ0) is 13.8. The van der Waals surface area contributed by atoms with E-state index >= 15 is 0 Å². The van der Waals surface area contributed by atoms with Gasteiger partial charge in [-0.2, -0.15) is 5.10 Å². The summed E-state index contributed by atoms with van der Waals surface area (Å²) in [4.78, 5) is 11.5. The fourth-order valence-electron chi connectivity index (χ4n) is 1.27. The molecule has 98 valence electrons. The van der Waals surface area contributed by atoms with E-state index in [0.29, 0.717) is 6.42 Å². The number of hydrogen-bond donors (Lipinski definition) is 2. The second kappa shape index (κ2) is 6.11. The van der Waals surface area contributed by atoms with Crippen molar-refractivity contribution < 1.29 is 9.90 Å². The number of halogens is 1. The van der Waals surface area contributed by atoms with Crippen LogP contribution in [0.5, 0.6) is 0 Å². The fourth-order valence-corrected chi connectivity index (χ4v) is 1.67. The number of amides is 1. The number of carbonyl (C=O) groups is 1. The summed E-state index contributed by atoms with van der Waals surface area (Å²) in [6.45, 7) is 4.79. The second-order valence-electron chi connectivity index (χ2n) is 4.42. The number of nitrogens with zero attached hydrogens (tertiary/aromatic N) is 1. The Morgan fingerprint density at radius 2 is 2.17 bits per heavy atom. The van der Waals surface area contributed by atoms with Crippen LogP contribution in [-0.2, 0) is 4.79 Å². The maximum absolute atomic E-state index is 11.5. The van der Waals surface area contributed by atoms with Crippen LogP contribution in [0.25, 0.3) is 0 Å². The molecule has 0 aliphatic carbocycles. The third-order valence-electron chi connectivity index (χ3n) is 2.34. The standard InChI is InChI=1S/C13H17BrN2O2/c1-4-11(9-6-5-7-10(14)8-9)15-16-12(17)13(2,3)18/h5-8,18H,4H2,1-3H3,(H,16,17)/b15-11+. The van der Waals surface area contributed by atoms with Crippen molar-refractivity contribution in [2.24, 2.45) is 5.10 Å². The average Bonchev–Trinajstić information content (AvgIpc) is 2.28. The van der Waals surface area contributed by atoms with Gasteiger partial charge in [-0.15, -0.1) is 0 Å². The largest absolute Gasteiger partial charge is 0.381 e. The molecule has 0 saturated carbocycles. The van der Waals surface area contributed by atoms with Crippen LogP contribution < -0.4 is 5.43 Å². The molecule has 0 bridgehead atoms. The highest BCUT2D eigenvalue weighted by atomic mass is 79.9. The Morgan fingerprint density at radius 3 is 2.67 bits per heavy atom. The topological polar surface area (TPSA) is 61.7 Å². The van der Waals surface area contributed by atoms with E-state index in [1.807, 2.05) is 31.2 Å². The molecule has 0 heterocycles. The maximum Gasteiger partial charge on any atom is 0.271 e. The summed E-state index contributed by atoms with van der Waals surface area (Å²) in [5, 5.41) is 13.6. The number of hydrazone groups is 1. The van der Waals surface area contributed by atoms with E-state index in [1.54, 1.807) is 0 Å². The number of rotatable bonds is 4. The van der Waals surface area contributed by atoms with E-state index in [0.717, 1.165) is 15.7 Å². The van der Waals surface area contributed by atoms with Crippen molar-refractivity contribution in [1.29, 1.82) is 0 Å². The van der Waals surface area contributed by atoms with Gasteiger partial charge in [-0.05, 0) is 38.0 Å². The van der Waals surface area contributed by atoms with Gasteiger partial charge < -0.3 is 5.11 Å². The van der Waals surface area contributed by atoms with Gasteiger partial charge in [0.15, 0.2) is 0 Å². The molecule has 1 amide bonds. The van der Waals surface area contributed by atoms with Gasteiger partial charge in [-0.1, -0.05) is 35.0 Å². The summed E-state index contributed by atoms with van der Waals surface area (Å²) in [6.07, 6.45) is 0.683. The quantitative estimate of drug-likeness (QED) is 0.662. The highest BCUT2D eigenvalue weighted by Gasteiger charge is 2.23. The summed E-state index contributed by atoms with van der Waals surface area (Å²) in [5.74, 6) is -0.525. The highest BCUT2D eigenvalue weighted by Crippen LogP contribution is 2.13. The molecule has 0 aliphatic rings. The number of benzene rings is 1. The predicted octanol–water partition coefficient (Wildman–Crippen LogP) is 2.45. The molecule has 1 aromatic rings. The Labute approximate surface area is 115 Å². The van der Waals surface area contributed by atoms with Crippen molar-refractivity contribution in [3.05, 3.63) is 34.3 Å². The zero-order valence-electron chi connectivity index (χ0n) is 10.7. The molecule has 5 heteroatoms. The molecule has 0 aliphatic heterocycles. The first-order chi connectivity index (χ1) is 8.34. The van der Waals surface area contributed by atoms with Crippen LogP contribution in [0, 0.1) is 0 Å². The molecule has 1 rings (SSSR count). The minimum atomic E-state index is -1.43. The van der Waals surface area contributed by atoms with Crippen molar-refractivity contribution in [2.75, 3.05) is 0 Å². The summed E-state index contributed by atoms with van der Waals surface area (Å²) in [5.41, 5.74) is 2.64. The van der Waals surface area contributed by atoms with Gasteiger partial charge in [-0.25, -0.2) is 5.43 Å². The Bertz CT molecular complexity index is 464. The van der Waals surface area contributed by atoms with Gasteiger partial charge in [0, 0.05) is 4.47 Å². The first kappa shape index (κ1) is 14.9. The molecule has 0 fully saturated rings. The number of carbonyl (C=O) groups excluding carboxylic acids is 1. The molecular weight excluding hydrogens is 296 g/mol. The molecule has 0 saturated heterocycles. The average molecular weight is 313 g/mol. The zero-order valence-corrected chi connectivity index (χ0v) is 12.3. The first-order valence-corrected chi connectivity index (χ1v) is 6.49. The molecule has 0 unspecified atom stereocenters. The molecule has 1 aromatic carbocycles. The third kappa shape index (κ3) is 4.23. The minimum Gasteiger partial charge on any atom is -0.381 e. The van der Waals surface area contributed by atoms with Crippen LogP contribution in [0.1, 0.15) is 32.8 Å². The van der Waals surface area contributed by atoms with Crippen LogP contribution in [0.2, 0.25) is 0 Å². The predicted molar refractivity (Wildman–Crippen MR) is 75.4 cm³/mol. The molecule has 4 nitrogen and oxygen atoms in total. The number of nitrogens with one attached hydrogen (secondary N) is 1. The summed E-state index contributed by atoms with van der Waals surface area (Å²) >= 11 is 3.39. The fraction of sp³-hybridized carbons (Fsp3) is 0.385. The van der Waals surface area contributed by atoms with Crippen molar-refractivity contribution in [3.8, 4) is 0 Å². The van der Waals surface area contributed by atoms with Gasteiger partial charge in [0.2, 0.25) is 0 Å². The molecule has 0 aromatic heterocycles. The van der Waals surface area contributed by atoms with Crippen LogP contribution in [0.4, 0.5) is 0 Å². The van der Waals surface area contributed by atoms with E-state index in [-0.39, 0.29) is 0 Å². The van der Waals surface area contributed by atoms with Crippen molar-refractivity contribution in [2.45, 2.75) is 32.8 Å². The van der Waals surface area contributed by atoms with Gasteiger partial charge in [-0.3, -0.25) is 4.79 Å². The van der Waals surface area contributed by atoms with Crippen LogP contribution in [-0.4, -0.2) is 22.3 Å². The van der Waals surface area contributed by atoms with E-state index < -0.39 is 11.5 Å². The van der Waals surface area contributed by atoms with Gasteiger partial charge >= 0.3 is 0 Å². The first-order valence-electron chi connectivity index (χ1n) is 5.70. The van der Waals surface area contributed by atoms with Gasteiger partial charge in [0.1, 0.15) is 5.60 Å². The normalized spacial score (nSPS) is 12.4. The lowest BCUT2D eigenvalue weighted by Gasteiger charge is -2.14. The van der Waals surface area contributed by atoms with Crippen LogP contribution in [0.3, 0.4) is 0 Å². The lowest BCUT2D eigenvalue weighted by atomic mass is 10.1. The van der Waals surface area contributed by atoms with Crippen molar-refractivity contribution in [3.63, 3.8) is 0 Å². The molecule has 2 N–H and O–H groups in total. The monoisotopic (exact) mass is 312 g/mol. The number of hydrogen-bond acceptors (Lipinski definition) is 3. The Kier molecular flexibility index (Phi) is 5.04. The molecule has 18 heavy (non-hydrogen) atoms. The van der Waals surface area contributed by atoms with E-state index in [9.17, 15) is 9.90 Å². The van der Waals surface area contributed by atoms with E-state index in [1.165, 1.54) is 13.8 Å². The van der Waals surface area contributed by atoms with E-state index in [2.05, 4.69) is 26.5 Å². The Balaban J connectivity index is 2.88. The Morgan fingerprint density at radius 1 is 1.50 bits per heavy atom. The smallest absolute Gasteiger partial charge is 0.271 e. The molecule has 0 atom stereocenters. The summed E-state index contributed by atoms with van der Waals surface area (Å²) in [7, 11) is 0. The van der Waals surface area contributed by atoms with Crippen LogP contribution in [0.15, 0.2) is 33.8 Å². The highest BCUT2D eigenvalue weighted by molar-refractivity contribution is 9.10. The van der Waals surface area contributed by atoms with Gasteiger partial charge in [0.05, 0.1) is 5.71 Å². The lowest BCUT2D eigenvalue weighted by molar-refractivity contribution is -0.136. The molecule has 0 spiro atoms. The van der Waals surface area contributed by atoms with Crippen molar-refractivity contribution >= 4 is 27.5 Å². The van der Waals surface area contributed by atoms with Crippen LogP contribution >= 0.6 is 15.9 Å². The minimum absolute atomic E-state index is 0.525. The summed E-state index contributed by atoms with van der Waals surface area (Å²) < 4.78 is 0.954. The van der Waals surface area contributed by atoms with E-state index in [4.69, 9.17) is 0 Å². The SMILES string of the molecule is CC/C(=N\NC(=O)C(C)(C)O)c1cccc(Br)c1. The van der Waals surface area contributed by atoms with Crippen molar-refractivity contribution in [1.82, 2.24) is 5.43 Å². The van der Waals surface area contributed by atoms with Gasteiger partial charge in [0.25, 0.3) is 5.91 Å².